The predicted octanol–water partition coefficient (Wildman–Crippen LogP) is 4.31. The number of aromatic nitrogens is 1. The zero-order valence-electron chi connectivity index (χ0n) is 11.5. The van der Waals surface area contributed by atoms with Gasteiger partial charge in [0.15, 0.2) is 0 Å². The molecule has 108 valence electrons. The lowest BCUT2D eigenvalue weighted by Gasteiger charge is -2.14. The van der Waals surface area contributed by atoms with Crippen LogP contribution < -0.4 is 10.5 Å². The van der Waals surface area contributed by atoms with E-state index in [1.165, 1.54) is 4.70 Å². The number of methoxy groups -OCH3 is 1. The highest BCUT2D eigenvalue weighted by Gasteiger charge is 2.12. The summed E-state index contributed by atoms with van der Waals surface area (Å²) in [6, 6.07) is 9.99. The van der Waals surface area contributed by atoms with Crippen molar-refractivity contribution in [3.8, 4) is 5.75 Å². The number of fused-ring (bicyclic) bond motifs is 1. The summed E-state index contributed by atoms with van der Waals surface area (Å²) in [6.45, 7) is 0. The molecule has 0 aliphatic rings. The van der Waals surface area contributed by atoms with Crippen LogP contribution in [0.1, 0.15) is 17.2 Å². The van der Waals surface area contributed by atoms with E-state index in [4.69, 9.17) is 10.5 Å². The number of halogens is 1. The van der Waals surface area contributed by atoms with Crippen LogP contribution in [0.5, 0.6) is 5.75 Å². The van der Waals surface area contributed by atoms with E-state index in [9.17, 15) is 0 Å². The van der Waals surface area contributed by atoms with Crippen LogP contribution in [0.3, 0.4) is 0 Å². The summed E-state index contributed by atoms with van der Waals surface area (Å²) in [5.41, 5.74) is 9.56. The number of ether oxygens (including phenoxy) is 1. The minimum Gasteiger partial charge on any atom is -0.497 e. The van der Waals surface area contributed by atoms with E-state index in [1.54, 1.807) is 18.4 Å². The number of nitrogens with two attached hydrogens (primary N) is 1. The van der Waals surface area contributed by atoms with Crippen molar-refractivity contribution in [2.75, 3.05) is 7.11 Å². The maximum Gasteiger partial charge on any atom is 0.119 e. The second-order valence-corrected chi connectivity index (χ2v) is 6.64. The van der Waals surface area contributed by atoms with Gasteiger partial charge in [-0.05, 0) is 53.3 Å². The van der Waals surface area contributed by atoms with Crippen molar-refractivity contribution < 1.29 is 4.74 Å². The molecule has 0 fully saturated rings. The summed E-state index contributed by atoms with van der Waals surface area (Å²) in [7, 11) is 1.67. The Morgan fingerprint density at radius 1 is 1.33 bits per heavy atom. The molecule has 0 radical (unpaired) electrons. The molecule has 0 aliphatic carbocycles. The lowest BCUT2D eigenvalue weighted by atomic mass is 10.0. The lowest BCUT2D eigenvalue weighted by molar-refractivity contribution is 0.414. The van der Waals surface area contributed by atoms with Gasteiger partial charge in [-0.15, -0.1) is 11.3 Å². The summed E-state index contributed by atoms with van der Waals surface area (Å²) < 4.78 is 7.49. The quantitative estimate of drug-likeness (QED) is 0.752. The van der Waals surface area contributed by atoms with Gasteiger partial charge >= 0.3 is 0 Å². The van der Waals surface area contributed by atoms with Gasteiger partial charge in [0, 0.05) is 16.7 Å². The van der Waals surface area contributed by atoms with Crippen LogP contribution in [-0.4, -0.2) is 12.1 Å². The fraction of sp³-hybridized carbons (Fsp3) is 0.188. The van der Waals surface area contributed by atoms with Gasteiger partial charge in [0.1, 0.15) is 5.75 Å². The van der Waals surface area contributed by atoms with Gasteiger partial charge in [0.2, 0.25) is 0 Å². The zero-order chi connectivity index (χ0) is 14.8. The van der Waals surface area contributed by atoms with Crippen molar-refractivity contribution >= 4 is 37.5 Å². The number of thiophene rings is 1. The smallest absolute Gasteiger partial charge is 0.119 e. The first-order valence-corrected chi connectivity index (χ1v) is 8.26. The normalized spacial score (nSPS) is 12.5. The monoisotopic (exact) mass is 362 g/mol. The summed E-state index contributed by atoms with van der Waals surface area (Å²) in [5.74, 6) is 0.840. The number of benzene rings is 1. The fourth-order valence-corrected chi connectivity index (χ4v) is 3.45. The topological polar surface area (TPSA) is 48.1 Å². The van der Waals surface area contributed by atoms with Crippen LogP contribution in [0.4, 0.5) is 0 Å². The van der Waals surface area contributed by atoms with Gasteiger partial charge in [-0.2, -0.15) is 0 Å². The summed E-state index contributed by atoms with van der Waals surface area (Å²) in [6.07, 6.45) is 2.60. The Balaban J connectivity index is 1.86. The van der Waals surface area contributed by atoms with Crippen molar-refractivity contribution in [3.63, 3.8) is 0 Å². The summed E-state index contributed by atoms with van der Waals surface area (Å²) in [4.78, 5) is 4.45. The van der Waals surface area contributed by atoms with Crippen molar-refractivity contribution in [3.05, 3.63) is 57.5 Å². The second kappa shape index (κ2) is 6.13. The van der Waals surface area contributed by atoms with Crippen LogP contribution >= 0.6 is 27.3 Å². The number of hydrogen-bond acceptors (Lipinski definition) is 4. The first-order valence-electron chi connectivity index (χ1n) is 6.58. The molecule has 0 saturated heterocycles. The Bertz CT molecular complexity index is 772. The molecule has 0 amide bonds. The molecular formula is C16H15BrN2OS. The van der Waals surface area contributed by atoms with E-state index < -0.39 is 0 Å². The van der Waals surface area contributed by atoms with Gasteiger partial charge in [-0.1, -0.05) is 15.9 Å². The van der Waals surface area contributed by atoms with Crippen molar-refractivity contribution in [2.45, 2.75) is 12.5 Å². The van der Waals surface area contributed by atoms with Gasteiger partial charge in [-0.25, -0.2) is 0 Å². The Kier molecular flexibility index (Phi) is 4.24. The SMILES string of the molecule is COc1ccc(Br)c(CC(N)c2cnc3ccsc3c2)c1. The minimum absolute atomic E-state index is 0.0904. The van der Waals surface area contributed by atoms with E-state index in [0.717, 1.165) is 33.3 Å². The van der Waals surface area contributed by atoms with E-state index >= 15 is 0 Å². The van der Waals surface area contributed by atoms with Gasteiger partial charge in [0.25, 0.3) is 0 Å². The minimum atomic E-state index is -0.0904. The molecule has 21 heavy (non-hydrogen) atoms. The molecule has 2 N–H and O–H groups in total. The van der Waals surface area contributed by atoms with Crippen molar-refractivity contribution in [2.24, 2.45) is 5.73 Å². The third kappa shape index (κ3) is 3.10. The van der Waals surface area contributed by atoms with E-state index in [1.807, 2.05) is 35.8 Å². The molecule has 1 atom stereocenters. The molecule has 0 saturated carbocycles. The molecule has 3 aromatic rings. The Hall–Kier alpha value is -1.43. The molecule has 2 aromatic heterocycles. The van der Waals surface area contributed by atoms with Crippen molar-refractivity contribution in [1.29, 1.82) is 0 Å². The molecule has 3 rings (SSSR count). The highest BCUT2D eigenvalue weighted by Crippen LogP contribution is 2.28. The molecule has 2 heterocycles. The third-order valence-corrected chi connectivity index (χ3v) is 5.07. The molecule has 1 aromatic carbocycles. The maximum atomic E-state index is 6.35. The number of hydrogen-bond donors (Lipinski definition) is 1. The van der Waals surface area contributed by atoms with Gasteiger partial charge in [0.05, 0.1) is 17.3 Å². The van der Waals surface area contributed by atoms with E-state index in [2.05, 4.69) is 27.0 Å². The van der Waals surface area contributed by atoms with Gasteiger partial charge in [-0.3, -0.25) is 4.98 Å². The van der Waals surface area contributed by atoms with Crippen LogP contribution in [0.2, 0.25) is 0 Å². The highest BCUT2D eigenvalue weighted by molar-refractivity contribution is 9.10. The Morgan fingerprint density at radius 3 is 3.00 bits per heavy atom. The Morgan fingerprint density at radius 2 is 2.19 bits per heavy atom. The summed E-state index contributed by atoms with van der Waals surface area (Å²) in [5, 5.41) is 2.05. The van der Waals surface area contributed by atoms with Crippen LogP contribution in [0.15, 0.2) is 46.4 Å². The molecule has 1 unspecified atom stereocenters. The summed E-state index contributed by atoms with van der Waals surface area (Å²) >= 11 is 5.26. The average molecular weight is 363 g/mol. The van der Waals surface area contributed by atoms with E-state index in [0.29, 0.717) is 0 Å². The molecular weight excluding hydrogens is 348 g/mol. The molecule has 0 aliphatic heterocycles. The van der Waals surface area contributed by atoms with Crippen molar-refractivity contribution in [1.82, 2.24) is 4.98 Å². The number of nitrogens with zero attached hydrogens (tertiary/aromatic N) is 1. The Labute approximate surface area is 135 Å². The third-order valence-electron chi connectivity index (χ3n) is 3.44. The highest BCUT2D eigenvalue weighted by atomic mass is 79.9. The standard InChI is InChI=1S/C16H15BrN2OS/c1-20-12-2-3-13(17)10(6-12)7-14(18)11-8-16-15(19-9-11)4-5-21-16/h2-6,8-9,14H,7,18H2,1H3. The molecule has 0 bridgehead atoms. The number of rotatable bonds is 4. The second-order valence-electron chi connectivity index (χ2n) is 4.84. The van der Waals surface area contributed by atoms with Crippen LogP contribution in [-0.2, 0) is 6.42 Å². The fourth-order valence-electron chi connectivity index (χ4n) is 2.25. The molecule has 5 heteroatoms. The van der Waals surface area contributed by atoms with Crippen LogP contribution in [0, 0.1) is 0 Å². The zero-order valence-corrected chi connectivity index (χ0v) is 13.9. The molecule has 0 spiro atoms. The van der Waals surface area contributed by atoms with E-state index in [-0.39, 0.29) is 6.04 Å². The van der Waals surface area contributed by atoms with Crippen LogP contribution in [0.25, 0.3) is 10.2 Å². The number of pyridine rings is 1. The maximum absolute atomic E-state index is 6.35. The average Bonchev–Trinajstić information content (AvgIpc) is 2.96. The van der Waals surface area contributed by atoms with Gasteiger partial charge < -0.3 is 10.5 Å². The largest absolute Gasteiger partial charge is 0.497 e. The first kappa shape index (κ1) is 14.5. The molecule has 3 nitrogen and oxygen atoms in total. The lowest BCUT2D eigenvalue weighted by Crippen LogP contribution is -2.14. The first-order chi connectivity index (χ1) is 10.2. The predicted molar refractivity (Wildman–Crippen MR) is 90.9 cm³/mol.